The van der Waals surface area contributed by atoms with Crippen LogP contribution >= 0.6 is 0 Å². The van der Waals surface area contributed by atoms with Crippen molar-refractivity contribution in [2.24, 2.45) is 7.05 Å². The van der Waals surface area contributed by atoms with Crippen molar-refractivity contribution in [1.82, 2.24) is 24.6 Å². The maximum Gasteiger partial charge on any atom is 0.451 e. The van der Waals surface area contributed by atoms with Crippen LogP contribution in [0.4, 0.5) is 18.0 Å². The molecule has 0 saturated carbocycles. The van der Waals surface area contributed by atoms with E-state index in [4.69, 9.17) is 9.47 Å². The number of alkyl halides is 3. The van der Waals surface area contributed by atoms with Crippen LogP contribution in [-0.4, -0.2) is 45.2 Å². The van der Waals surface area contributed by atoms with Crippen molar-refractivity contribution in [3.63, 3.8) is 0 Å². The summed E-state index contributed by atoms with van der Waals surface area (Å²) < 4.78 is 50.8. The molecule has 0 radical (unpaired) electrons. The quantitative estimate of drug-likeness (QED) is 0.808. The van der Waals surface area contributed by atoms with Gasteiger partial charge >= 0.3 is 17.9 Å². The second-order valence-corrected chi connectivity index (χ2v) is 7.17. The SMILES string of the molecule is Cn1c(C(F)(F)F)nn(C2CCN(C(=O)NCc3ccc4c(c3)OCO4)CC2)c1=O. The van der Waals surface area contributed by atoms with Gasteiger partial charge < -0.3 is 19.7 Å². The second kappa shape index (κ2) is 7.58. The van der Waals surface area contributed by atoms with Crippen LogP contribution in [0.1, 0.15) is 30.3 Å². The molecule has 0 aliphatic carbocycles. The Morgan fingerprint density at radius 3 is 2.60 bits per heavy atom. The first-order valence-corrected chi connectivity index (χ1v) is 9.38. The van der Waals surface area contributed by atoms with E-state index in [2.05, 4.69) is 10.4 Å². The number of hydrogen-bond acceptors (Lipinski definition) is 5. The number of ether oxygens (including phenoxy) is 2. The van der Waals surface area contributed by atoms with Crippen LogP contribution in [0.15, 0.2) is 23.0 Å². The van der Waals surface area contributed by atoms with Crippen LogP contribution in [-0.2, 0) is 19.8 Å². The highest BCUT2D eigenvalue weighted by molar-refractivity contribution is 5.74. The number of rotatable bonds is 3. The van der Waals surface area contributed by atoms with Crippen LogP contribution in [0.2, 0.25) is 0 Å². The van der Waals surface area contributed by atoms with Gasteiger partial charge in [0.1, 0.15) is 0 Å². The third kappa shape index (κ3) is 3.81. The van der Waals surface area contributed by atoms with Crippen molar-refractivity contribution in [3.8, 4) is 11.5 Å². The number of fused-ring (bicyclic) bond motifs is 1. The lowest BCUT2D eigenvalue weighted by Crippen LogP contribution is -2.45. The summed E-state index contributed by atoms with van der Waals surface area (Å²) in [6, 6.07) is 4.62. The smallest absolute Gasteiger partial charge is 0.451 e. The van der Waals surface area contributed by atoms with Gasteiger partial charge in [0.2, 0.25) is 12.6 Å². The average molecular weight is 427 g/mol. The van der Waals surface area contributed by atoms with E-state index in [0.717, 1.165) is 17.3 Å². The molecule has 2 aliphatic rings. The number of hydrogen-bond donors (Lipinski definition) is 1. The summed E-state index contributed by atoms with van der Waals surface area (Å²) in [5.41, 5.74) is 0.0373. The third-order valence-electron chi connectivity index (χ3n) is 5.23. The van der Waals surface area contributed by atoms with E-state index in [1.54, 1.807) is 17.0 Å². The molecule has 9 nitrogen and oxygen atoms in total. The molecular weight excluding hydrogens is 407 g/mol. The minimum atomic E-state index is -4.70. The predicted molar refractivity (Wildman–Crippen MR) is 97.1 cm³/mol. The summed E-state index contributed by atoms with van der Waals surface area (Å²) in [5.74, 6) is 0.0589. The summed E-state index contributed by atoms with van der Waals surface area (Å²) in [6.07, 6.45) is -4.02. The van der Waals surface area contributed by atoms with Crippen molar-refractivity contribution in [3.05, 3.63) is 40.1 Å². The van der Waals surface area contributed by atoms with E-state index < -0.39 is 23.7 Å². The fourth-order valence-corrected chi connectivity index (χ4v) is 3.59. The number of benzene rings is 1. The number of nitrogens with one attached hydrogen (secondary N) is 1. The average Bonchev–Trinajstić information content (AvgIpc) is 3.30. The fourth-order valence-electron chi connectivity index (χ4n) is 3.59. The molecule has 1 N–H and O–H groups in total. The highest BCUT2D eigenvalue weighted by Crippen LogP contribution is 2.32. The molecule has 30 heavy (non-hydrogen) atoms. The minimum absolute atomic E-state index is 0.171. The van der Waals surface area contributed by atoms with Crippen LogP contribution in [0.25, 0.3) is 0 Å². The van der Waals surface area contributed by atoms with E-state index in [1.165, 1.54) is 0 Å². The topological polar surface area (TPSA) is 90.6 Å². The van der Waals surface area contributed by atoms with E-state index in [1.807, 2.05) is 6.07 Å². The van der Waals surface area contributed by atoms with Gasteiger partial charge in [-0.1, -0.05) is 6.07 Å². The van der Waals surface area contributed by atoms with Crippen LogP contribution in [0.5, 0.6) is 11.5 Å². The number of halogens is 3. The largest absolute Gasteiger partial charge is 0.454 e. The van der Waals surface area contributed by atoms with Gasteiger partial charge in [0.05, 0.1) is 6.04 Å². The normalized spacial score (nSPS) is 16.7. The molecule has 1 saturated heterocycles. The third-order valence-corrected chi connectivity index (χ3v) is 5.23. The molecule has 0 spiro atoms. The molecule has 0 atom stereocenters. The van der Waals surface area contributed by atoms with Crippen molar-refractivity contribution in [2.75, 3.05) is 19.9 Å². The van der Waals surface area contributed by atoms with Crippen LogP contribution in [0.3, 0.4) is 0 Å². The van der Waals surface area contributed by atoms with Gasteiger partial charge in [-0.25, -0.2) is 14.3 Å². The van der Waals surface area contributed by atoms with E-state index >= 15 is 0 Å². The summed E-state index contributed by atoms with van der Waals surface area (Å²) in [6.45, 7) is 1.08. The first-order valence-electron chi connectivity index (χ1n) is 9.38. The van der Waals surface area contributed by atoms with E-state index in [-0.39, 0.29) is 12.8 Å². The maximum atomic E-state index is 13.0. The highest BCUT2D eigenvalue weighted by atomic mass is 19.4. The van der Waals surface area contributed by atoms with Gasteiger partial charge in [0.15, 0.2) is 11.5 Å². The molecule has 1 fully saturated rings. The Bertz CT molecular complexity index is 1010. The number of piperidine rings is 1. The molecule has 12 heteroatoms. The number of urea groups is 1. The number of carbonyl (C=O) groups is 1. The highest BCUT2D eigenvalue weighted by Gasteiger charge is 2.39. The number of aromatic nitrogens is 3. The van der Waals surface area contributed by atoms with Gasteiger partial charge in [-0.2, -0.15) is 13.2 Å². The zero-order valence-electron chi connectivity index (χ0n) is 16.1. The van der Waals surface area contributed by atoms with E-state index in [0.29, 0.717) is 48.5 Å². The Kier molecular flexibility index (Phi) is 5.08. The Balaban J connectivity index is 1.33. The number of likely N-dealkylation sites (tertiary alicyclic amines) is 1. The lowest BCUT2D eigenvalue weighted by molar-refractivity contribution is -0.147. The van der Waals surface area contributed by atoms with Gasteiger partial charge in [0, 0.05) is 26.7 Å². The second-order valence-electron chi connectivity index (χ2n) is 7.17. The molecule has 2 aliphatic heterocycles. The number of amides is 2. The zero-order valence-corrected chi connectivity index (χ0v) is 16.1. The summed E-state index contributed by atoms with van der Waals surface area (Å²) in [5, 5.41) is 6.29. The Morgan fingerprint density at radius 2 is 1.93 bits per heavy atom. The molecule has 1 aromatic heterocycles. The number of nitrogens with zero attached hydrogens (tertiary/aromatic N) is 4. The van der Waals surface area contributed by atoms with E-state index in [9.17, 15) is 22.8 Å². The van der Waals surface area contributed by atoms with Crippen molar-refractivity contribution in [1.29, 1.82) is 0 Å². The maximum absolute atomic E-state index is 13.0. The molecule has 2 aromatic rings. The summed E-state index contributed by atoms with van der Waals surface area (Å²) in [4.78, 5) is 26.1. The molecule has 0 bridgehead atoms. The molecular formula is C18H20F3N5O4. The van der Waals surface area contributed by atoms with Crippen molar-refractivity contribution < 1.29 is 27.4 Å². The van der Waals surface area contributed by atoms with Crippen molar-refractivity contribution >= 4 is 6.03 Å². The fraction of sp³-hybridized carbons (Fsp3) is 0.500. The first-order chi connectivity index (χ1) is 14.2. The number of carbonyl (C=O) groups excluding carboxylic acids is 1. The first kappa shape index (κ1) is 20.1. The van der Waals surface area contributed by atoms with Crippen molar-refractivity contribution in [2.45, 2.75) is 31.6 Å². The zero-order chi connectivity index (χ0) is 21.5. The Labute approximate surface area is 169 Å². The molecule has 4 rings (SSSR count). The molecule has 0 unspecified atom stereocenters. The molecule has 162 valence electrons. The Morgan fingerprint density at radius 1 is 1.23 bits per heavy atom. The standard InChI is InChI=1S/C18H20F3N5O4/c1-24-15(18(19,20)21)23-26(17(24)28)12-4-6-25(7-5-12)16(27)22-9-11-2-3-13-14(8-11)30-10-29-13/h2-3,8,12H,4-7,9-10H2,1H3,(H,22,27). The van der Waals surface area contributed by atoms with Gasteiger partial charge in [-0.3, -0.25) is 4.57 Å². The van der Waals surface area contributed by atoms with Crippen LogP contribution < -0.4 is 20.5 Å². The molecule has 3 heterocycles. The lowest BCUT2D eigenvalue weighted by atomic mass is 10.1. The lowest BCUT2D eigenvalue weighted by Gasteiger charge is -2.31. The summed E-state index contributed by atoms with van der Waals surface area (Å²) in [7, 11) is 1.05. The molecule has 2 amide bonds. The van der Waals surface area contributed by atoms with Gasteiger partial charge in [-0.15, -0.1) is 5.10 Å². The van der Waals surface area contributed by atoms with Gasteiger partial charge in [-0.05, 0) is 30.5 Å². The van der Waals surface area contributed by atoms with Crippen LogP contribution in [0, 0.1) is 0 Å². The summed E-state index contributed by atoms with van der Waals surface area (Å²) >= 11 is 0. The molecule has 1 aromatic carbocycles. The Hall–Kier alpha value is -3.18. The van der Waals surface area contributed by atoms with Gasteiger partial charge in [0.25, 0.3) is 0 Å². The predicted octanol–water partition coefficient (Wildman–Crippen LogP) is 1.88. The monoisotopic (exact) mass is 427 g/mol. The minimum Gasteiger partial charge on any atom is -0.454 e.